The number of carbonyl (C=O) groups is 1. The van der Waals surface area contributed by atoms with E-state index in [1.807, 2.05) is 10.8 Å². The number of pyridine rings is 1. The number of aryl methyl sites for hydroxylation is 1. The van der Waals surface area contributed by atoms with Crippen LogP contribution in [0.1, 0.15) is 23.8 Å². The maximum atomic E-state index is 11.1. The van der Waals surface area contributed by atoms with Gasteiger partial charge in [-0.05, 0) is 54.8 Å². The number of nitrogens with one attached hydrogen (secondary N) is 1. The van der Waals surface area contributed by atoms with Gasteiger partial charge in [0.05, 0.1) is 37.5 Å². The third-order valence-electron chi connectivity index (χ3n) is 5.82. The highest BCUT2D eigenvalue weighted by molar-refractivity contribution is 5.95. The number of hydrogen-bond acceptors (Lipinski definition) is 7. The van der Waals surface area contributed by atoms with E-state index in [9.17, 15) is 4.79 Å². The number of rotatable bonds is 5. The molecule has 0 unspecified atom stereocenters. The third kappa shape index (κ3) is 5.60. The number of imidazole rings is 1. The van der Waals surface area contributed by atoms with Crippen molar-refractivity contribution in [1.82, 2.24) is 14.5 Å². The highest BCUT2D eigenvalue weighted by Gasteiger charge is 2.13. The van der Waals surface area contributed by atoms with Crippen molar-refractivity contribution in [3.8, 4) is 11.4 Å². The van der Waals surface area contributed by atoms with Crippen LogP contribution < -0.4 is 15.0 Å². The van der Waals surface area contributed by atoms with Crippen molar-refractivity contribution in [3.63, 3.8) is 0 Å². The summed E-state index contributed by atoms with van der Waals surface area (Å²) in [5.41, 5.74) is 5.86. The van der Waals surface area contributed by atoms with Crippen molar-refractivity contribution < 1.29 is 15.7 Å². The summed E-state index contributed by atoms with van der Waals surface area (Å²) in [6, 6.07) is 16.5. The van der Waals surface area contributed by atoms with Gasteiger partial charge in [-0.1, -0.05) is 6.07 Å². The number of carbonyl (C=O) groups excluding carboxylic acids is 1. The molecule has 0 atom stereocenters. The summed E-state index contributed by atoms with van der Waals surface area (Å²) >= 11 is 0. The van der Waals surface area contributed by atoms with Crippen LogP contribution in [0.4, 0.5) is 17.1 Å². The average Bonchev–Trinajstić information content (AvgIpc) is 3.47. The zero-order chi connectivity index (χ0) is 24.6. The van der Waals surface area contributed by atoms with Gasteiger partial charge in [-0.25, -0.2) is 9.78 Å². The molecular weight excluding hydrogens is 442 g/mol. The molecule has 182 valence electrons. The summed E-state index contributed by atoms with van der Waals surface area (Å²) in [5, 5.41) is 2.85. The standard InChI is InChI=1S/C19H19N3O.C8H10N2O2.H2/c1-21(18-5-4-15-3-2-12-23-19(15)13-18)16-6-8-17(9-7-16)22-11-10-20-14-22;1-9-7-5-10-4-3-6(7)8(11)12-2;/h4-11,13-14H,2-3,12H2,1H3;3-5,9H,1-2H3;1H. The maximum absolute atomic E-state index is 11.1. The van der Waals surface area contributed by atoms with Gasteiger partial charge in [0.1, 0.15) is 5.75 Å². The molecule has 0 saturated heterocycles. The van der Waals surface area contributed by atoms with E-state index in [0.717, 1.165) is 42.3 Å². The van der Waals surface area contributed by atoms with Crippen molar-refractivity contribution in [2.45, 2.75) is 12.8 Å². The minimum atomic E-state index is -0.359. The van der Waals surface area contributed by atoms with Gasteiger partial charge < -0.3 is 24.3 Å². The Balaban J connectivity index is 0.000000237. The lowest BCUT2D eigenvalue weighted by Gasteiger charge is -2.23. The van der Waals surface area contributed by atoms with E-state index in [0.29, 0.717) is 11.3 Å². The van der Waals surface area contributed by atoms with E-state index in [1.54, 1.807) is 38.0 Å². The van der Waals surface area contributed by atoms with Crippen LogP contribution in [0.15, 0.2) is 79.6 Å². The number of methoxy groups -OCH3 is 1. The Kier molecular flexibility index (Phi) is 7.62. The summed E-state index contributed by atoms with van der Waals surface area (Å²) in [6.07, 6.45) is 10.9. The molecule has 2 aromatic heterocycles. The number of anilines is 3. The zero-order valence-corrected chi connectivity index (χ0v) is 20.1. The van der Waals surface area contributed by atoms with Gasteiger partial charge in [-0.15, -0.1) is 0 Å². The molecule has 0 aliphatic carbocycles. The summed E-state index contributed by atoms with van der Waals surface area (Å²) in [5.74, 6) is 0.664. The molecule has 1 aliphatic rings. The molecule has 1 aliphatic heterocycles. The Morgan fingerprint density at radius 2 is 1.91 bits per heavy atom. The molecule has 0 saturated carbocycles. The number of esters is 1. The first-order valence-electron chi connectivity index (χ1n) is 11.4. The van der Waals surface area contributed by atoms with Crippen LogP contribution >= 0.6 is 0 Å². The first-order chi connectivity index (χ1) is 17.1. The third-order valence-corrected chi connectivity index (χ3v) is 5.82. The lowest BCUT2D eigenvalue weighted by atomic mass is 10.1. The Bertz CT molecular complexity index is 1260. The van der Waals surface area contributed by atoms with Crippen LogP contribution in [-0.4, -0.2) is 48.3 Å². The van der Waals surface area contributed by atoms with Crippen LogP contribution in [0.25, 0.3) is 5.69 Å². The molecule has 4 aromatic rings. The van der Waals surface area contributed by atoms with Crippen molar-refractivity contribution in [3.05, 3.63) is 90.8 Å². The molecule has 2 aromatic carbocycles. The van der Waals surface area contributed by atoms with Crippen molar-refractivity contribution >= 4 is 23.0 Å². The highest BCUT2D eigenvalue weighted by atomic mass is 16.5. The zero-order valence-electron chi connectivity index (χ0n) is 20.1. The van der Waals surface area contributed by atoms with E-state index < -0.39 is 0 Å². The fourth-order valence-corrected chi connectivity index (χ4v) is 3.83. The Hall–Kier alpha value is -4.33. The van der Waals surface area contributed by atoms with Gasteiger partial charge in [0, 0.05) is 57.2 Å². The summed E-state index contributed by atoms with van der Waals surface area (Å²) in [7, 11) is 5.16. The van der Waals surface area contributed by atoms with E-state index in [2.05, 4.69) is 74.4 Å². The lowest BCUT2D eigenvalue weighted by molar-refractivity contribution is 0.0601. The van der Waals surface area contributed by atoms with Crippen LogP contribution in [0.3, 0.4) is 0 Å². The topological polar surface area (TPSA) is 81.5 Å². The molecular formula is C27H31N5O3. The normalized spacial score (nSPS) is 11.9. The predicted octanol–water partition coefficient (Wildman–Crippen LogP) is 5.12. The molecule has 35 heavy (non-hydrogen) atoms. The second kappa shape index (κ2) is 11.2. The van der Waals surface area contributed by atoms with Gasteiger partial charge >= 0.3 is 5.97 Å². The molecule has 0 radical (unpaired) electrons. The number of benzene rings is 2. The van der Waals surface area contributed by atoms with Crippen LogP contribution in [0, 0.1) is 0 Å². The summed E-state index contributed by atoms with van der Waals surface area (Å²) in [4.78, 5) is 21.2. The smallest absolute Gasteiger partial charge is 0.340 e. The second-order valence-electron chi connectivity index (χ2n) is 7.95. The molecule has 1 N–H and O–H groups in total. The van der Waals surface area contributed by atoms with Crippen molar-refractivity contribution in [2.75, 3.05) is 38.0 Å². The maximum Gasteiger partial charge on any atom is 0.340 e. The first kappa shape index (κ1) is 23.8. The van der Waals surface area contributed by atoms with Gasteiger partial charge in [0.25, 0.3) is 0 Å². The van der Waals surface area contributed by atoms with E-state index >= 15 is 0 Å². The predicted molar refractivity (Wildman–Crippen MR) is 139 cm³/mol. The molecule has 3 heterocycles. The van der Waals surface area contributed by atoms with Crippen LogP contribution in [0.5, 0.6) is 5.75 Å². The fraction of sp³-hybridized carbons (Fsp3) is 0.222. The molecule has 8 heteroatoms. The molecule has 0 amide bonds. The molecule has 0 spiro atoms. The number of nitrogens with zero attached hydrogens (tertiary/aromatic N) is 4. The Morgan fingerprint density at radius 1 is 1.11 bits per heavy atom. The van der Waals surface area contributed by atoms with E-state index in [1.165, 1.54) is 12.7 Å². The number of ether oxygens (including phenoxy) is 2. The average molecular weight is 474 g/mol. The second-order valence-corrected chi connectivity index (χ2v) is 7.95. The first-order valence-corrected chi connectivity index (χ1v) is 11.4. The molecule has 0 bridgehead atoms. The highest BCUT2D eigenvalue weighted by Crippen LogP contribution is 2.32. The number of aromatic nitrogens is 3. The van der Waals surface area contributed by atoms with Gasteiger partial charge in [0.2, 0.25) is 0 Å². The fourth-order valence-electron chi connectivity index (χ4n) is 3.83. The number of hydrogen-bond donors (Lipinski definition) is 1. The monoisotopic (exact) mass is 473 g/mol. The number of fused-ring (bicyclic) bond motifs is 1. The quantitative estimate of drug-likeness (QED) is 0.403. The largest absolute Gasteiger partial charge is 0.493 e. The molecule has 8 nitrogen and oxygen atoms in total. The molecule has 0 fully saturated rings. The van der Waals surface area contributed by atoms with Gasteiger partial charge in [0.15, 0.2) is 0 Å². The van der Waals surface area contributed by atoms with E-state index in [-0.39, 0.29) is 7.40 Å². The van der Waals surface area contributed by atoms with Gasteiger partial charge in [-0.3, -0.25) is 4.98 Å². The van der Waals surface area contributed by atoms with Crippen molar-refractivity contribution in [2.24, 2.45) is 0 Å². The lowest BCUT2D eigenvalue weighted by Crippen LogP contribution is -2.12. The Morgan fingerprint density at radius 3 is 2.63 bits per heavy atom. The minimum Gasteiger partial charge on any atom is -0.493 e. The van der Waals surface area contributed by atoms with Crippen molar-refractivity contribution in [1.29, 1.82) is 0 Å². The minimum absolute atomic E-state index is 0. The van der Waals surface area contributed by atoms with Crippen LogP contribution in [0.2, 0.25) is 0 Å². The summed E-state index contributed by atoms with van der Waals surface area (Å²) in [6.45, 7) is 0.819. The summed E-state index contributed by atoms with van der Waals surface area (Å²) < 4.78 is 12.3. The van der Waals surface area contributed by atoms with Crippen LogP contribution in [-0.2, 0) is 11.2 Å². The SMILES string of the molecule is CN(c1ccc(-n2ccnc2)cc1)c1ccc2c(c1)OCCC2.CNc1cnccc1C(=O)OC.[HH]. The molecule has 5 rings (SSSR count). The van der Waals surface area contributed by atoms with E-state index in [4.69, 9.17) is 4.74 Å². The Labute approximate surface area is 206 Å². The van der Waals surface area contributed by atoms with Gasteiger partial charge in [-0.2, -0.15) is 0 Å².